The molecule has 0 aliphatic carbocycles. The fourth-order valence-electron chi connectivity index (χ4n) is 2.37. The second-order valence-corrected chi connectivity index (χ2v) is 5.16. The van der Waals surface area contributed by atoms with Crippen LogP contribution < -0.4 is 5.32 Å². The number of hydrogen-bond acceptors (Lipinski definition) is 4. The van der Waals surface area contributed by atoms with E-state index in [0.29, 0.717) is 18.6 Å². The van der Waals surface area contributed by atoms with Crippen molar-refractivity contribution in [2.24, 2.45) is 5.41 Å². The summed E-state index contributed by atoms with van der Waals surface area (Å²) in [6, 6.07) is 0. The fraction of sp³-hybridized carbons (Fsp3) is 1.00. The minimum atomic E-state index is 0.108. The van der Waals surface area contributed by atoms with E-state index in [1.54, 1.807) is 0 Å². The molecule has 0 spiro atoms. The summed E-state index contributed by atoms with van der Waals surface area (Å²) in [6.45, 7) is 8.85. The van der Waals surface area contributed by atoms with Crippen molar-refractivity contribution in [2.45, 2.75) is 26.7 Å². The molecule has 1 unspecified atom stereocenters. The lowest BCUT2D eigenvalue weighted by Crippen LogP contribution is -2.41. The average Bonchev–Trinajstić information content (AvgIpc) is 2.24. The largest absolute Gasteiger partial charge is 0.394 e. The van der Waals surface area contributed by atoms with E-state index in [1.807, 2.05) is 7.05 Å². The van der Waals surface area contributed by atoms with Gasteiger partial charge in [-0.25, -0.2) is 0 Å². The maximum atomic E-state index is 8.61. The van der Waals surface area contributed by atoms with Crippen molar-refractivity contribution in [2.75, 3.05) is 53.6 Å². The third-order valence-corrected chi connectivity index (χ3v) is 2.96. The molecule has 0 aromatic carbocycles. The van der Waals surface area contributed by atoms with Gasteiger partial charge in [-0.3, -0.25) is 0 Å². The number of ether oxygens (including phenoxy) is 1. The number of hydrogen-bond donors (Lipinski definition) is 2. The van der Waals surface area contributed by atoms with Gasteiger partial charge in [0.15, 0.2) is 0 Å². The maximum Gasteiger partial charge on any atom is 0.0698 e. The van der Waals surface area contributed by atoms with E-state index in [0.717, 1.165) is 19.6 Å². The molecule has 104 valence electrons. The van der Waals surface area contributed by atoms with Crippen LogP contribution in [0.1, 0.15) is 26.7 Å². The summed E-state index contributed by atoms with van der Waals surface area (Å²) in [7, 11) is 4.14. The van der Waals surface area contributed by atoms with Crippen molar-refractivity contribution >= 4 is 0 Å². The third-order valence-electron chi connectivity index (χ3n) is 2.96. The van der Waals surface area contributed by atoms with E-state index in [9.17, 15) is 0 Å². The topological polar surface area (TPSA) is 44.7 Å². The summed E-state index contributed by atoms with van der Waals surface area (Å²) in [5.41, 5.74) is 0.329. The summed E-state index contributed by atoms with van der Waals surface area (Å²) >= 11 is 0. The van der Waals surface area contributed by atoms with E-state index in [1.165, 1.54) is 12.8 Å². The molecule has 0 amide bonds. The Morgan fingerprint density at radius 3 is 2.59 bits per heavy atom. The van der Waals surface area contributed by atoms with Crippen molar-refractivity contribution in [1.82, 2.24) is 10.2 Å². The number of nitrogens with zero attached hydrogens (tertiary/aromatic N) is 1. The van der Waals surface area contributed by atoms with Gasteiger partial charge in [0.25, 0.3) is 0 Å². The predicted octanol–water partition coefficient (Wildman–Crippen LogP) is 0.953. The highest BCUT2D eigenvalue weighted by Crippen LogP contribution is 2.23. The van der Waals surface area contributed by atoms with E-state index < -0.39 is 0 Å². The number of aliphatic hydroxyl groups is 1. The van der Waals surface area contributed by atoms with Crippen molar-refractivity contribution < 1.29 is 9.84 Å². The Labute approximate surface area is 106 Å². The standard InChI is InChI=1S/C13H30N2O2/c1-5-6-13(2,11-14-3)12-15(4)7-9-17-10-8-16/h14,16H,5-12H2,1-4H3. The number of rotatable bonds is 11. The van der Waals surface area contributed by atoms with Crippen LogP contribution in [0.4, 0.5) is 0 Å². The molecule has 0 aliphatic heterocycles. The first kappa shape index (κ1) is 16.8. The van der Waals surface area contributed by atoms with E-state index in [-0.39, 0.29) is 6.61 Å². The van der Waals surface area contributed by atoms with Gasteiger partial charge in [0.1, 0.15) is 0 Å². The smallest absolute Gasteiger partial charge is 0.0698 e. The Bertz CT molecular complexity index is 171. The molecular weight excluding hydrogens is 216 g/mol. The SMILES string of the molecule is CCCC(C)(CNC)CN(C)CCOCCO. The Kier molecular flexibility index (Phi) is 9.74. The van der Waals surface area contributed by atoms with E-state index in [2.05, 4.69) is 31.1 Å². The molecule has 0 heterocycles. The Morgan fingerprint density at radius 1 is 1.35 bits per heavy atom. The van der Waals surface area contributed by atoms with Crippen LogP contribution in [0.3, 0.4) is 0 Å². The van der Waals surface area contributed by atoms with Gasteiger partial charge in [0.2, 0.25) is 0 Å². The zero-order valence-electron chi connectivity index (χ0n) is 12.0. The summed E-state index contributed by atoms with van der Waals surface area (Å²) in [4.78, 5) is 2.31. The van der Waals surface area contributed by atoms with Crippen molar-refractivity contribution in [3.8, 4) is 0 Å². The highest BCUT2D eigenvalue weighted by Gasteiger charge is 2.23. The summed E-state index contributed by atoms with van der Waals surface area (Å²) in [5, 5.41) is 11.9. The zero-order chi connectivity index (χ0) is 13.1. The Morgan fingerprint density at radius 2 is 2.06 bits per heavy atom. The van der Waals surface area contributed by atoms with Gasteiger partial charge < -0.3 is 20.1 Å². The van der Waals surface area contributed by atoms with Crippen molar-refractivity contribution in [3.05, 3.63) is 0 Å². The van der Waals surface area contributed by atoms with Gasteiger partial charge in [-0.1, -0.05) is 20.3 Å². The molecule has 0 saturated carbocycles. The number of likely N-dealkylation sites (N-methyl/N-ethyl adjacent to an activating group) is 1. The summed E-state index contributed by atoms with van der Waals surface area (Å²) in [6.07, 6.45) is 2.45. The molecule has 0 aromatic heterocycles. The molecular formula is C13H30N2O2. The predicted molar refractivity (Wildman–Crippen MR) is 72.3 cm³/mol. The van der Waals surface area contributed by atoms with Gasteiger partial charge in [0.05, 0.1) is 19.8 Å². The van der Waals surface area contributed by atoms with Gasteiger partial charge in [-0.2, -0.15) is 0 Å². The van der Waals surface area contributed by atoms with Gasteiger partial charge in [-0.05, 0) is 25.9 Å². The zero-order valence-corrected chi connectivity index (χ0v) is 12.0. The Hall–Kier alpha value is -0.160. The van der Waals surface area contributed by atoms with Crippen LogP contribution in [0, 0.1) is 5.41 Å². The van der Waals surface area contributed by atoms with Crippen LogP contribution in [0.2, 0.25) is 0 Å². The summed E-state index contributed by atoms with van der Waals surface area (Å²) < 4.78 is 5.28. The second-order valence-electron chi connectivity index (χ2n) is 5.16. The molecule has 2 N–H and O–H groups in total. The van der Waals surface area contributed by atoms with Crippen LogP contribution in [0.5, 0.6) is 0 Å². The minimum Gasteiger partial charge on any atom is -0.394 e. The van der Waals surface area contributed by atoms with Crippen LogP contribution in [-0.2, 0) is 4.74 Å². The third kappa shape index (κ3) is 8.55. The van der Waals surface area contributed by atoms with Gasteiger partial charge in [-0.15, -0.1) is 0 Å². The highest BCUT2D eigenvalue weighted by molar-refractivity contribution is 4.79. The molecule has 0 bridgehead atoms. The normalized spacial score (nSPS) is 15.2. The lowest BCUT2D eigenvalue weighted by Gasteiger charge is -2.33. The molecule has 4 heteroatoms. The van der Waals surface area contributed by atoms with E-state index in [4.69, 9.17) is 9.84 Å². The van der Waals surface area contributed by atoms with Gasteiger partial charge >= 0.3 is 0 Å². The maximum absolute atomic E-state index is 8.61. The quantitative estimate of drug-likeness (QED) is 0.533. The molecule has 0 saturated heterocycles. The molecule has 0 rings (SSSR count). The molecule has 0 aliphatic rings. The molecule has 4 nitrogen and oxygen atoms in total. The monoisotopic (exact) mass is 246 g/mol. The molecule has 0 aromatic rings. The van der Waals surface area contributed by atoms with Crippen LogP contribution >= 0.6 is 0 Å². The second kappa shape index (κ2) is 9.83. The fourth-order valence-corrected chi connectivity index (χ4v) is 2.37. The number of nitrogens with one attached hydrogen (secondary N) is 1. The minimum absolute atomic E-state index is 0.108. The van der Waals surface area contributed by atoms with E-state index >= 15 is 0 Å². The Balaban J connectivity index is 3.90. The lowest BCUT2D eigenvalue weighted by molar-refractivity contribution is 0.0687. The average molecular weight is 246 g/mol. The molecule has 17 heavy (non-hydrogen) atoms. The molecule has 0 radical (unpaired) electrons. The van der Waals surface area contributed by atoms with Crippen LogP contribution in [-0.4, -0.2) is 63.6 Å². The first-order valence-corrected chi connectivity index (χ1v) is 6.59. The first-order valence-electron chi connectivity index (χ1n) is 6.59. The van der Waals surface area contributed by atoms with Crippen molar-refractivity contribution in [3.63, 3.8) is 0 Å². The molecule has 0 fully saturated rings. The van der Waals surface area contributed by atoms with Crippen LogP contribution in [0.25, 0.3) is 0 Å². The van der Waals surface area contributed by atoms with Crippen LogP contribution in [0.15, 0.2) is 0 Å². The van der Waals surface area contributed by atoms with Crippen molar-refractivity contribution in [1.29, 1.82) is 0 Å². The lowest BCUT2D eigenvalue weighted by atomic mass is 9.85. The first-order chi connectivity index (χ1) is 8.08. The molecule has 1 atom stereocenters. The van der Waals surface area contributed by atoms with Gasteiger partial charge in [0, 0.05) is 19.6 Å². The highest BCUT2D eigenvalue weighted by atomic mass is 16.5. The summed E-state index contributed by atoms with van der Waals surface area (Å²) in [5.74, 6) is 0. The number of aliphatic hydroxyl groups excluding tert-OH is 1.